The van der Waals surface area contributed by atoms with Gasteiger partial charge in [-0.05, 0) is 51.3 Å². The maximum absolute atomic E-state index is 12.6. The molecule has 1 fully saturated rings. The number of ketones is 2. The van der Waals surface area contributed by atoms with Gasteiger partial charge in [0.15, 0.2) is 0 Å². The minimum atomic E-state index is -0.452. The SMILES string of the molecule is CCCC(=O)C1(CC(C)=O)CCN(CCC(O)c2ccccc2)CC1. The van der Waals surface area contributed by atoms with Crippen LogP contribution in [0.4, 0.5) is 0 Å². The summed E-state index contributed by atoms with van der Waals surface area (Å²) in [5.41, 5.74) is 0.500. The van der Waals surface area contributed by atoms with Crippen molar-refractivity contribution in [1.29, 1.82) is 0 Å². The molecule has 25 heavy (non-hydrogen) atoms. The van der Waals surface area contributed by atoms with Crippen LogP contribution in [0.15, 0.2) is 30.3 Å². The minimum Gasteiger partial charge on any atom is -0.388 e. The first-order valence-electron chi connectivity index (χ1n) is 9.45. The van der Waals surface area contributed by atoms with Crippen LogP contribution in [-0.2, 0) is 9.59 Å². The van der Waals surface area contributed by atoms with Crippen LogP contribution in [0.3, 0.4) is 0 Å². The number of piperidine rings is 1. The second-order valence-corrected chi connectivity index (χ2v) is 7.39. The molecule has 4 heteroatoms. The molecule has 1 saturated heterocycles. The molecule has 0 spiro atoms. The van der Waals surface area contributed by atoms with Crippen molar-refractivity contribution in [2.45, 2.75) is 58.5 Å². The topological polar surface area (TPSA) is 57.6 Å². The fourth-order valence-corrected chi connectivity index (χ4v) is 3.87. The molecular weight excluding hydrogens is 314 g/mol. The van der Waals surface area contributed by atoms with Gasteiger partial charge in [0, 0.05) is 24.8 Å². The van der Waals surface area contributed by atoms with Gasteiger partial charge < -0.3 is 10.0 Å². The van der Waals surface area contributed by atoms with Gasteiger partial charge in [-0.15, -0.1) is 0 Å². The Morgan fingerprint density at radius 3 is 2.40 bits per heavy atom. The fraction of sp³-hybridized carbons (Fsp3) is 0.619. The van der Waals surface area contributed by atoms with Gasteiger partial charge in [-0.2, -0.15) is 0 Å². The number of likely N-dealkylation sites (tertiary alicyclic amines) is 1. The molecule has 2 rings (SSSR count). The van der Waals surface area contributed by atoms with Gasteiger partial charge >= 0.3 is 0 Å². The first kappa shape index (κ1) is 19.8. The van der Waals surface area contributed by atoms with E-state index in [4.69, 9.17) is 0 Å². The molecule has 1 aliphatic heterocycles. The zero-order valence-corrected chi connectivity index (χ0v) is 15.5. The molecule has 0 radical (unpaired) electrons. The lowest BCUT2D eigenvalue weighted by molar-refractivity contribution is -0.136. The number of aliphatic hydroxyl groups is 1. The molecule has 1 aromatic carbocycles. The number of hydrogen-bond acceptors (Lipinski definition) is 4. The molecule has 1 atom stereocenters. The molecule has 0 saturated carbocycles. The molecule has 0 aliphatic carbocycles. The van der Waals surface area contributed by atoms with Gasteiger partial charge in [-0.25, -0.2) is 0 Å². The van der Waals surface area contributed by atoms with Crippen LogP contribution in [0.1, 0.15) is 64.0 Å². The average Bonchev–Trinajstić information content (AvgIpc) is 2.61. The highest BCUT2D eigenvalue weighted by Gasteiger charge is 2.41. The van der Waals surface area contributed by atoms with Gasteiger partial charge in [0.05, 0.1) is 6.10 Å². The van der Waals surface area contributed by atoms with E-state index in [1.807, 2.05) is 37.3 Å². The van der Waals surface area contributed by atoms with Crippen LogP contribution >= 0.6 is 0 Å². The molecule has 0 bridgehead atoms. The minimum absolute atomic E-state index is 0.109. The van der Waals surface area contributed by atoms with Gasteiger partial charge in [0.25, 0.3) is 0 Å². The van der Waals surface area contributed by atoms with Crippen LogP contribution in [0.25, 0.3) is 0 Å². The number of hydrogen-bond donors (Lipinski definition) is 1. The fourth-order valence-electron chi connectivity index (χ4n) is 3.87. The third-order valence-electron chi connectivity index (χ3n) is 5.37. The normalized spacial score (nSPS) is 18.7. The van der Waals surface area contributed by atoms with Crippen molar-refractivity contribution in [2.24, 2.45) is 5.41 Å². The first-order valence-corrected chi connectivity index (χ1v) is 9.45. The summed E-state index contributed by atoms with van der Waals surface area (Å²) in [5, 5.41) is 10.3. The summed E-state index contributed by atoms with van der Waals surface area (Å²) in [7, 11) is 0. The highest BCUT2D eigenvalue weighted by atomic mass is 16.3. The first-order chi connectivity index (χ1) is 12.0. The molecule has 1 heterocycles. The third-order valence-corrected chi connectivity index (χ3v) is 5.37. The summed E-state index contributed by atoms with van der Waals surface area (Å²) in [6, 6.07) is 9.72. The van der Waals surface area contributed by atoms with Crippen LogP contribution in [0.5, 0.6) is 0 Å². The summed E-state index contributed by atoms with van der Waals surface area (Å²) in [6.07, 6.45) is 3.54. The Kier molecular flexibility index (Phi) is 7.33. The van der Waals surface area contributed by atoms with E-state index >= 15 is 0 Å². The van der Waals surface area contributed by atoms with E-state index in [-0.39, 0.29) is 11.6 Å². The Morgan fingerprint density at radius 1 is 1.20 bits per heavy atom. The van der Waals surface area contributed by atoms with Crippen molar-refractivity contribution in [2.75, 3.05) is 19.6 Å². The summed E-state index contributed by atoms with van der Waals surface area (Å²) in [5.74, 6) is 0.367. The molecular formula is C21H31NO3. The van der Waals surface area contributed by atoms with Gasteiger partial charge in [-0.1, -0.05) is 37.3 Å². The number of Topliss-reactive ketones (excluding diaryl/α,β-unsaturated/α-hetero) is 2. The second kappa shape index (κ2) is 9.25. The van der Waals surface area contributed by atoms with Crippen LogP contribution in [0, 0.1) is 5.41 Å². The van der Waals surface area contributed by atoms with E-state index in [1.165, 1.54) is 0 Å². The Balaban J connectivity index is 1.88. The zero-order valence-electron chi connectivity index (χ0n) is 15.5. The lowest BCUT2D eigenvalue weighted by Gasteiger charge is -2.40. The average molecular weight is 345 g/mol. The van der Waals surface area contributed by atoms with Crippen molar-refractivity contribution in [3.8, 4) is 0 Å². The molecule has 1 aromatic rings. The third kappa shape index (κ3) is 5.48. The number of rotatable bonds is 9. The van der Waals surface area contributed by atoms with Crippen molar-refractivity contribution >= 4 is 11.6 Å². The Bertz CT molecular complexity index is 562. The van der Waals surface area contributed by atoms with E-state index in [1.54, 1.807) is 6.92 Å². The number of aliphatic hydroxyl groups excluding tert-OH is 1. The predicted octanol–water partition coefficient (Wildman–Crippen LogP) is 3.54. The van der Waals surface area contributed by atoms with Gasteiger partial charge in [0.2, 0.25) is 0 Å². The lowest BCUT2D eigenvalue weighted by atomic mass is 9.70. The molecule has 4 nitrogen and oxygen atoms in total. The monoisotopic (exact) mass is 345 g/mol. The number of carbonyl (C=O) groups excluding carboxylic acids is 2. The highest BCUT2D eigenvalue weighted by molar-refractivity contribution is 5.90. The molecule has 0 aromatic heterocycles. The zero-order chi connectivity index (χ0) is 18.3. The number of benzene rings is 1. The van der Waals surface area contributed by atoms with E-state index < -0.39 is 11.5 Å². The van der Waals surface area contributed by atoms with Crippen molar-refractivity contribution in [3.05, 3.63) is 35.9 Å². The predicted molar refractivity (Wildman–Crippen MR) is 99.3 cm³/mol. The molecule has 138 valence electrons. The summed E-state index contributed by atoms with van der Waals surface area (Å²) in [6.45, 7) is 6.06. The lowest BCUT2D eigenvalue weighted by Crippen LogP contribution is -2.45. The van der Waals surface area contributed by atoms with Gasteiger partial charge in [0.1, 0.15) is 11.6 Å². The number of carbonyl (C=O) groups is 2. The Labute approximate surface area is 151 Å². The van der Waals surface area contributed by atoms with Crippen LogP contribution < -0.4 is 0 Å². The van der Waals surface area contributed by atoms with Crippen molar-refractivity contribution < 1.29 is 14.7 Å². The van der Waals surface area contributed by atoms with Crippen molar-refractivity contribution in [1.82, 2.24) is 4.90 Å². The quantitative estimate of drug-likeness (QED) is 0.744. The summed E-state index contributed by atoms with van der Waals surface area (Å²) in [4.78, 5) is 26.6. The standard InChI is InChI=1S/C21H31NO3/c1-3-7-20(25)21(16-17(2)23)11-14-22(15-12-21)13-10-19(24)18-8-5-4-6-9-18/h4-6,8-9,19,24H,3,7,10-16H2,1-2H3. The highest BCUT2D eigenvalue weighted by Crippen LogP contribution is 2.38. The summed E-state index contributed by atoms with van der Waals surface area (Å²) < 4.78 is 0. The maximum Gasteiger partial charge on any atom is 0.139 e. The van der Waals surface area contributed by atoms with Crippen LogP contribution in [0.2, 0.25) is 0 Å². The van der Waals surface area contributed by atoms with E-state index in [9.17, 15) is 14.7 Å². The molecule has 1 unspecified atom stereocenters. The van der Waals surface area contributed by atoms with Crippen LogP contribution in [-0.4, -0.2) is 41.2 Å². The largest absolute Gasteiger partial charge is 0.388 e. The van der Waals surface area contributed by atoms with Crippen molar-refractivity contribution in [3.63, 3.8) is 0 Å². The molecule has 0 amide bonds. The van der Waals surface area contributed by atoms with Gasteiger partial charge in [-0.3, -0.25) is 9.59 Å². The Hall–Kier alpha value is -1.52. The maximum atomic E-state index is 12.6. The summed E-state index contributed by atoms with van der Waals surface area (Å²) >= 11 is 0. The molecule has 1 aliphatic rings. The second-order valence-electron chi connectivity index (χ2n) is 7.39. The van der Waals surface area contributed by atoms with E-state index in [2.05, 4.69) is 4.90 Å². The smallest absolute Gasteiger partial charge is 0.139 e. The number of nitrogens with zero attached hydrogens (tertiary/aromatic N) is 1. The molecule has 1 N–H and O–H groups in total. The van der Waals surface area contributed by atoms with E-state index in [0.717, 1.165) is 44.5 Å². The van der Waals surface area contributed by atoms with E-state index in [0.29, 0.717) is 19.3 Å². The Morgan fingerprint density at radius 2 is 1.84 bits per heavy atom.